The topological polar surface area (TPSA) is 46.2 Å². The van der Waals surface area contributed by atoms with Crippen LogP contribution in [-0.4, -0.2) is 12.5 Å². The summed E-state index contributed by atoms with van der Waals surface area (Å²) in [6, 6.07) is 25.7. The van der Waals surface area contributed by atoms with Crippen molar-refractivity contribution in [3.8, 4) is 12.3 Å². The molecule has 0 radical (unpaired) electrons. The predicted molar refractivity (Wildman–Crippen MR) is 107 cm³/mol. The van der Waals surface area contributed by atoms with Gasteiger partial charge in [-0.2, -0.15) is 0 Å². The van der Waals surface area contributed by atoms with Crippen LogP contribution < -0.4 is 21.2 Å². The van der Waals surface area contributed by atoms with Crippen molar-refractivity contribution in [2.24, 2.45) is 0 Å². The molecule has 0 bridgehead atoms. The Labute approximate surface area is 153 Å². The second-order valence-corrected chi connectivity index (χ2v) is 8.48. The van der Waals surface area contributed by atoms with Gasteiger partial charge in [0.15, 0.2) is 7.14 Å². The third kappa shape index (κ3) is 3.47. The maximum atomic E-state index is 14.1. The Morgan fingerprint density at radius 2 is 1.27 bits per heavy atom. The van der Waals surface area contributed by atoms with E-state index in [-0.39, 0.29) is 12.5 Å². The summed E-state index contributed by atoms with van der Waals surface area (Å²) in [5.74, 6) is 2.12. The van der Waals surface area contributed by atoms with Gasteiger partial charge >= 0.3 is 0 Å². The van der Waals surface area contributed by atoms with Crippen LogP contribution >= 0.6 is 7.14 Å². The number of carbonyl (C=O) groups is 1. The van der Waals surface area contributed by atoms with E-state index < -0.39 is 7.14 Å². The van der Waals surface area contributed by atoms with Crippen LogP contribution in [0.1, 0.15) is 10.4 Å². The fraction of sp³-hybridized carbons (Fsp3) is 0.0455. The van der Waals surface area contributed by atoms with Gasteiger partial charge in [0.25, 0.3) is 5.91 Å². The number of amides is 1. The summed E-state index contributed by atoms with van der Waals surface area (Å²) < 4.78 is 14.1. The molecule has 0 fully saturated rings. The summed E-state index contributed by atoms with van der Waals surface area (Å²) >= 11 is 0. The van der Waals surface area contributed by atoms with Gasteiger partial charge in [0.2, 0.25) is 0 Å². The van der Waals surface area contributed by atoms with Gasteiger partial charge in [-0.3, -0.25) is 4.79 Å². The Bertz CT molecular complexity index is 931. The Hall–Kier alpha value is -3.08. The van der Waals surface area contributed by atoms with Gasteiger partial charge in [-0.1, -0.05) is 78.7 Å². The van der Waals surface area contributed by atoms with Crippen molar-refractivity contribution in [3.63, 3.8) is 0 Å². The fourth-order valence-electron chi connectivity index (χ4n) is 2.78. The minimum atomic E-state index is -3.01. The van der Waals surface area contributed by atoms with Gasteiger partial charge in [-0.25, -0.2) is 0 Å². The van der Waals surface area contributed by atoms with Crippen LogP contribution in [0.5, 0.6) is 0 Å². The lowest BCUT2D eigenvalue weighted by Crippen LogP contribution is -2.26. The molecule has 1 N–H and O–H groups in total. The van der Waals surface area contributed by atoms with Crippen LogP contribution in [-0.2, 0) is 4.57 Å². The fourth-order valence-corrected chi connectivity index (χ4v) is 5.43. The second kappa shape index (κ2) is 7.87. The Balaban J connectivity index is 2.06. The molecule has 0 aliphatic heterocycles. The van der Waals surface area contributed by atoms with E-state index in [0.717, 1.165) is 10.6 Å². The van der Waals surface area contributed by atoms with Gasteiger partial charge in [-0.15, -0.1) is 6.42 Å². The van der Waals surface area contributed by atoms with Gasteiger partial charge < -0.3 is 9.88 Å². The molecule has 1 amide bonds. The average molecular weight is 359 g/mol. The molecule has 128 valence electrons. The summed E-state index contributed by atoms with van der Waals surface area (Å²) in [4.78, 5) is 12.0. The number of hydrogen-bond donors (Lipinski definition) is 1. The molecular formula is C22H18NO2P. The molecule has 26 heavy (non-hydrogen) atoms. The molecule has 0 aliphatic carbocycles. The number of benzene rings is 3. The SMILES string of the molecule is C#CCNC(=O)c1ccc(P(=O)(c2ccccc2)c2ccccc2)cc1. The minimum Gasteiger partial charge on any atom is -0.341 e. The first-order valence-corrected chi connectivity index (χ1v) is 9.90. The highest BCUT2D eigenvalue weighted by atomic mass is 31.2. The molecule has 0 saturated carbocycles. The molecule has 0 saturated heterocycles. The van der Waals surface area contributed by atoms with Crippen molar-refractivity contribution in [1.82, 2.24) is 5.32 Å². The first-order chi connectivity index (χ1) is 12.7. The number of hydrogen-bond acceptors (Lipinski definition) is 2. The zero-order valence-electron chi connectivity index (χ0n) is 14.1. The molecule has 0 atom stereocenters. The number of terminal acetylenes is 1. The molecular weight excluding hydrogens is 341 g/mol. The van der Waals surface area contributed by atoms with Crippen molar-refractivity contribution in [2.45, 2.75) is 0 Å². The zero-order chi connectivity index (χ0) is 18.4. The number of nitrogens with one attached hydrogen (secondary N) is 1. The lowest BCUT2D eigenvalue weighted by Gasteiger charge is -2.20. The minimum absolute atomic E-state index is 0.174. The van der Waals surface area contributed by atoms with Gasteiger partial charge in [0.1, 0.15) is 0 Å². The molecule has 3 aromatic rings. The smallest absolute Gasteiger partial charge is 0.252 e. The third-order valence-electron chi connectivity index (χ3n) is 4.08. The zero-order valence-corrected chi connectivity index (χ0v) is 15.0. The Kier molecular flexibility index (Phi) is 5.37. The summed E-state index contributed by atoms with van der Waals surface area (Å²) in [5.41, 5.74) is 0.483. The normalized spacial score (nSPS) is 10.7. The highest BCUT2D eigenvalue weighted by molar-refractivity contribution is 7.85. The molecule has 4 heteroatoms. The van der Waals surface area contributed by atoms with Crippen molar-refractivity contribution < 1.29 is 9.36 Å². The van der Waals surface area contributed by atoms with E-state index >= 15 is 0 Å². The molecule has 3 aromatic carbocycles. The van der Waals surface area contributed by atoms with E-state index in [9.17, 15) is 9.36 Å². The van der Waals surface area contributed by atoms with Crippen LogP contribution in [0.4, 0.5) is 0 Å². The van der Waals surface area contributed by atoms with Crippen LogP contribution in [0.3, 0.4) is 0 Å². The van der Waals surface area contributed by atoms with E-state index in [1.807, 2.05) is 60.7 Å². The van der Waals surface area contributed by atoms with Crippen molar-refractivity contribution >= 4 is 29.0 Å². The van der Waals surface area contributed by atoms with E-state index in [0.29, 0.717) is 10.9 Å². The lowest BCUT2D eigenvalue weighted by atomic mass is 10.2. The quantitative estimate of drug-likeness (QED) is 0.562. The van der Waals surface area contributed by atoms with Crippen molar-refractivity contribution in [3.05, 3.63) is 90.5 Å². The molecule has 0 unspecified atom stereocenters. The highest BCUT2D eigenvalue weighted by Gasteiger charge is 2.29. The van der Waals surface area contributed by atoms with Crippen molar-refractivity contribution in [2.75, 3.05) is 6.54 Å². The third-order valence-corrected chi connectivity index (χ3v) is 7.16. The van der Waals surface area contributed by atoms with Crippen LogP contribution in [0.25, 0.3) is 0 Å². The molecule has 0 aliphatic rings. The van der Waals surface area contributed by atoms with Gasteiger partial charge in [-0.05, 0) is 12.1 Å². The summed E-state index contributed by atoms with van der Waals surface area (Å²) in [7, 11) is -3.01. The average Bonchev–Trinajstić information content (AvgIpc) is 2.73. The van der Waals surface area contributed by atoms with E-state index in [4.69, 9.17) is 6.42 Å². The maximum absolute atomic E-state index is 14.1. The van der Waals surface area contributed by atoms with Crippen LogP contribution in [0, 0.1) is 12.3 Å². The summed E-state index contributed by atoms with van der Waals surface area (Å²) in [6.07, 6.45) is 5.16. The number of carbonyl (C=O) groups excluding carboxylic acids is 1. The molecule has 0 spiro atoms. The van der Waals surface area contributed by atoms with Gasteiger partial charge in [0, 0.05) is 21.5 Å². The first kappa shape index (κ1) is 17.7. The Morgan fingerprint density at radius 3 is 1.73 bits per heavy atom. The van der Waals surface area contributed by atoms with E-state index in [2.05, 4.69) is 11.2 Å². The Morgan fingerprint density at radius 1 is 0.808 bits per heavy atom. The van der Waals surface area contributed by atoms with E-state index in [1.165, 1.54) is 0 Å². The molecule has 0 aromatic heterocycles. The van der Waals surface area contributed by atoms with E-state index in [1.54, 1.807) is 24.3 Å². The first-order valence-electron chi connectivity index (χ1n) is 8.20. The van der Waals surface area contributed by atoms with Crippen LogP contribution in [0.15, 0.2) is 84.9 Å². The summed E-state index contributed by atoms with van der Waals surface area (Å²) in [6.45, 7) is 0.174. The number of rotatable bonds is 5. The second-order valence-electron chi connectivity index (χ2n) is 5.71. The van der Waals surface area contributed by atoms with Gasteiger partial charge in [0.05, 0.1) is 6.54 Å². The largest absolute Gasteiger partial charge is 0.341 e. The summed E-state index contributed by atoms with van der Waals surface area (Å²) in [5, 5.41) is 4.83. The standard InChI is InChI=1S/C22H18NO2P/c1-2-17-23-22(24)18-13-15-21(16-14-18)26(25,19-9-5-3-6-10-19)20-11-7-4-8-12-20/h1,3-16H,17H2,(H,23,24). The maximum Gasteiger partial charge on any atom is 0.252 e. The van der Waals surface area contributed by atoms with Crippen LogP contribution in [0.2, 0.25) is 0 Å². The molecule has 3 nitrogen and oxygen atoms in total. The highest BCUT2D eigenvalue weighted by Crippen LogP contribution is 2.42. The monoisotopic (exact) mass is 359 g/mol. The lowest BCUT2D eigenvalue weighted by molar-refractivity contribution is 0.0958. The molecule has 3 rings (SSSR count). The predicted octanol–water partition coefficient (Wildman–Crippen LogP) is 2.69. The molecule has 0 heterocycles. The van der Waals surface area contributed by atoms with Crippen molar-refractivity contribution in [1.29, 1.82) is 0 Å².